The number of non-ortho nitro benzene ring substituents is 1. The van der Waals surface area contributed by atoms with Crippen LogP contribution in [0, 0.1) is 10.1 Å². The number of amides is 1. The Balaban J connectivity index is 1.55. The van der Waals surface area contributed by atoms with Gasteiger partial charge in [0.1, 0.15) is 0 Å². The van der Waals surface area contributed by atoms with Gasteiger partial charge in [0.15, 0.2) is 11.0 Å². The minimum atomic E-state index is -0.488. The summed E-state index contributed by atoms with van der Waals surface area (Å²) in [4.78, 5) is 22.4. The van der Waals surface area contributed by atoms with Crippen molar-refractivity contribution in [3.8, 4) is 0 Å². The summed E-state index contributed by atoms with van der Waals surface area (Å²) < 4.78 is 1.94. The predicted octanol–water partition coefficient (Wildman–Crippen LogP) is 4.20. The van der Waals surface area contributed by atoms with Crippen molar-refractivity contribution in [3.63, 3.8) is 0 Å². The second-order valence-corrected chi connectivity index (χ2v) is 7.52. The molecule has 0 fully saturated rings. The van der Waals surface area contributed by atoms with E-state index in [2.05, 4.69) is 20.8 Å². The highest BCUT2D eigenvalue weighted by Crippen LogP contribution is 2.20. The Labute approximate surface area is 182 Å². The van der Waals surface area contributed by atoms with Crippen molar-refractivity contribution in [1.82, 2.24) is 14.8 Å². The SMILES string of the molecule is CCn1c(CNc2ccc(Cl)cc2)nnc1SCC(=O)Nc1ccc([N+](=O)[O-])cc1. The molecule has 0 aliphatic rings. The number of nitro groups is 1. The average Bonchev–Trinajstić information content (AvgIpc) is 3.14. The zero-order chi connectivity index (χ0) is 21.5. The first-order valence-electron chi connectivity index (χ1n) is 9.05. The second-order valence-electron chi connectivity index (χ2n) is 6.14. The fourth-order valence-corrected chi connectivity index (χ4v) is 3.56. The molecule has 11 heteroatoms. The Kier molecular flexibility index (Phi) is 7.26. The molecular formula is C19H19ClN6O3S. The summed E-state index contributed by atoms with van der Waals surface area (Å²) in [6.45, 7) is 3.13. The third-order valence-electron chi connectivity index (χ3n) is 4.10. The minimum absolute atomic E-state index is 0.0295. The van der Waals surface area contributed by atoms with Crippen molar-refractivity contribution >= 4 is 46.3 Å². The van der Waals surface area contributed by atoms with E-state index in [0.29, 0.717) is 29.0 Å². The van der Waals surface area contributed by atoms with E-state index in [1.807, 2.05) is 23.6 Å². The van der Waals surface area contributed by atoms with Crippen molar-refractivity contribution in [3.05, 3.63) is 69.5 Å². The van der Waals surface area contributed by atoms with Gasteiger partial charge in [0.2, 0.25) is 5.91 Å². The van der Waals surface area contributed by atoms with Crippen LogP contribution in [0.2, 0.25) is 5.02 Å². The molecule has 0 aliphatic carbocycles. The van der Waals surface area contributed by atoms with Crippen LogP contribution in [-0.2, 0) is 17.9 Å². The maximum absolute atomic E-state index is 12.2. The number of hydrogen-bond donors (Lipinski definition) is 2. The topological polar surface area (TPSA) is 115 Å². The van der Waals surface area contributed by atoms with Gasteiger partial charge in [-0.15, -0.1) is 10.2 Å². The summed E-state index contributed by atoms with van der Waals surface area (Å²) >= 11 is 7.17. The van der Waals surface area contributed by atoms with Crippen molar-refractivity contribution in [2.45, 2.75) is 25.2 Å². The number of aromatic nitrogens is 3. The molecule has 30 heavy (non-hydrogen) atoms. The van der Waals surface area contributed by atoms with E-state index in [1.165, 1.54) is 36.0 Å². The first kappa shape index (κ1) is 21.6. The molecular weight excluding hydrogens is 428 g/mol. The highest BCUT2D eigenvalue weighted by Gasteiger charge is 2.13. The Morgan fingerprint density at radius 2 is 1.80 bits per heavy atom. The first-order valence-corrected chi connectivity index (χ1v) is 10.4. The van der Waals surface area contributed by atoms with Gasteiger partial charge in [-0.1, -0.05) is 23.4 Å². The number of hydrogen-bond acceptors (Lipinski definition) is 7. The fourth-order valence-electron chi connectivity index (χ4n) is 2.62. The van der Waals surface area contributed by atoms with Crippen LogP contribution in [0.4, 0.5) is 17.1 Å². The van der Waals surface area contributed by atoms with Gasteiger partial charge in [-0.3, -0.25) is 14.9 Å². The van der Waals surface area contributed by atoms with Crippen LogP contribution in [0.1, 0.15) is 12.7 Å². The molecule has 2 N–H and O–H groups in total. The quantitative estimate of drug-likeness (QED) is 0.287. The number of nitrogens with zero attached hydrogens (tertiary/aromatic N) is 4. The number of nitro benzene ring substituents is 1. The van der Waals surface area contributed by atoms with Gasteiger partial charge in [-0.05, 0) is 43.3 Å². The number of benzene rings is 2. The molecule has 0 spiro atoms. The zero-order valence-corrected chi connectivity index (χ0v) is 17.6. The van der Waals surface area contributed by atoms with Crippen molar-refractivity contribution in [2.75, 3.05) is 16.4 Å². The number of nitrogens with one attached hydrogen (secondary N) is 2. The van der Waals surface area contributed by atoms with Crippen molar-refractivity contribution in [1.29, 1.82) is 0 Å². The lowest BCUT2D eigenvalue weighted by Crippen LogP contribution is -2.15. The zero-order valence-electron chi connectivity index (χ0n) is 16.0. The minimum Gasteiger partial charge on any atom is -0.378 e. The normalized spacial score (nSPS) is 10.6. The van der Waals surface area contributed by atoms with Crippen LogP contribution in [0.15, 0.2) is 53.7 Å². The molecule has 2 aromatic carbocycles. The van der Waals surface area contributed by atoms with E-state index in [0.717, 1.165) is 11.5 Å². The molecule has 0 bridgehead atoms. The number of carbonyl (C=O) groups excluding carboxylic acids is 1. The number of rotatable bonds is 9. The van der Waals surface area contributed by atoms with Crippen LogP contribution in [0.5, 0.6) is 0 Å². The van der Waals surface area contributed by atoms with Gasteiger partial charge >= 0.3 is 0 Å². The fraction of sp³-hybridized carbons (Fsp3) is 0.211. The van der Waals surface area contributed by atoms with Gasteiger partial charge in [-0.2, -0.15) is 0 Å². The van der Waals surface area contributed by atoms with Gasteiger partial charge in [0.25, 0.3) is 5.69 Å². The molecule has 0 saturated carbocycles. The van der Waals surface area contributed by atoms with Gasteiger partial charge in [0.05, 0.1) is 17.2 Å². The van der Waals surface area contributed by atoms with Crippen LogP contribution in [0.3, 0.4) is 0 Å². The average molecular weight is 447 g/mol. The standard InChI is InChI=1S/C19H19ClN6O3S/c1-2-25-17(11-21-14-5-3-13(20)4-6-14)23-24-19(25)30-12-18(27)22-15-7-9-16(10-8-15)26(28)29/h3-10,21H,2,11-12H2,1H3,(H,22,27). The molecule has 1 amide bonds. The molecule has 0 radical (unpaired) electrons. The summed E-state index contributed by atoms with van der Waals surface area (Å²) in [5.74, 6) is 0.658. The Bertz CT molecular complexity index is 1020. The smallest absolute Gasteiger partial charge is 0.269 e. The molecule has 9 nitrogen and oxygen atoms in total. The largest absolute Gasteiger partial charge is 0.378 e. The molecule has 0 aliphatic heterocycles. The van der Waals surface area contributed by atoms with Crippen LogP contribution in [0.25, 0.3) is 0 Å². The van der Waals surface area contributed by atoms with Crippen LogP contribution < -0.4 is 10.6 Å². The van der Waals surface area contributed by atoms with Gasteiger partial charge in [-0.25, -0.2) is 0 Å². The summed E-state index contributed by atoms with van der Waals surface area (Å²) in [7, 11) is 0. The Morgan fingerprint density at radius 1 is 1.13 bits per heavy atom. The van der Waals surface area contributed by atoms with E-state index in [1.54, 1.807) is 12.1 Å². The lowest BCUT2D eigenvalue weighted by atomic mass is 10.3. The number of anilines is 2. The monoisotopic (exact) mass is 446 g/mol. The molecule has 1 heterocycles. The molecule has 0 atom stereocenters. The maximum atomic E-state index is 12.2. The second kappa shape index (κ2) is 10.1. The Hall–Kier alpha value is -3.11. The Morgan fingerprint density at radius 3 is 2.43 bits per heavy atom. The highest BCUT2D eigenvalue weighted by molar-refractivity contribution is 7.99. The molecule has 1 aromatic heterocycles. The van der Waals surface area contributed by atoms with Crippen LogP contribution in [-0.4, -0.2) is 31.3 Å². The van der Waals surface area contributed by atoms with E-state index in [4.69, 9.17) is 11.6 Å². The molecule has 0 saturated heterocycles. The number of thioether (sulfide) groups is 1. The molecule has 3 rings (SSSR count). The van der Waals surface area contributed by atoms with Crippen molar-refractivity contribution in [2.24, 2.45) is 0 Å². The maximum Gasteiger partial charge on any atom is 0.269 e. The molecule has 0 unspecified atom stereocenters. The number of carbonyl (C=O) groups is 1. The third kappa shape index (κ3) is 5.71. The van der Waals surface area contributed by atoms with Gasteiger partial charge < -0.3 is 15.2 Å². The van der Waals surface area contributed by atoms with E-state index in [9.17, 15) is 14.9 Å². The molecule has 156 valence electrons. The predicted molar refractivity (Wildman–Crippen MR) is 117 cm³/mol. The van der Waals surface area contributed by atoms with E-state index >= 15 is 0 Å². The van der Waals surface area contributed by atoms with Crippen molar-refractivity contribution < 1.29 is 9.72 Å². The molecule has 3 aromatic rings. The summed E-state index contributed by atoms with van der Waals surface area (Å²) in [5, 5.41) is 26.4. The highest BCUT2D eigenvalue weighted by atomic mass is 35.5. The van der Waals surface area contributed by atoms with E-state index < -0.39 is 4.92 Å². The third-order valence-corrected chi connectivity index (χ3v) is 5.32. The van der Waals surface area contributed by atoms with Crippen LogP contribution >= 0.6 is 23.4 Å². The first-order chi connectivity index (χ1) is 14.5. The lowest BCUT2D eigenvalue weighted by molar-refractivity contribution is -0.384. The number of halogens is 1. The summed E-state index contributed by atoms with van der Waals surface area (Å²) in [6.07, 6.45) is 0. The van der Waals surface area contributed by atoms with Gasteiger partial charge in [0, 0.05) is 35.1 Å². The lowest BCUT2D eigenvalue weighted by Gasteiger charge is -2.09. The van der Waals surface area contributed by atoms with E-state index in [-0.39, 0.29) is 17.3 Å². The summed E-state index contributed by atoms with van der Waals surface area (Å²) in [6, 6.07) is 13.1. The summed E-state index contributed by atoms with van der Waals surface area (Å²) in [5.41, 5.74) is 1.39.